The number of thiazole rings is 1. The van der Waals surface area contributed by atoms with Gasteiger partial charge in [-0.2, -0.15) is 0 Å². The Labute approximate surface area is 195 Å². The monoisotopic (exact) mass is 479 g/mol. The smallest absolute Gasteiger partial charge is 0.264 e. The molecule has 2 heterocycles. The lowest BCUT2D eigenvalue weighted by molar-refractivity contribution is 0.102. The van der Waals surface area contributed by atoms with Crippen LogP contribution in [0.25, 0.3) is 10.2 Å². The number of methoxy groups -OCH3 is 1. The Bertz CT molecular complexity index is 1490. The first-order valence-electron chi connectivity index (χ1n) is 10.3. The maximum Gasteiger partial charge on any atom is 0.264 e. The molecule has 3 aromatic carbocycles. The molecular formula is C24H21N3O4S2. The van der Waals surface area contributed by atoms with Crippen LogP contribution in [0.3, 0.4) is 0 Å². The molecule has 1 amide bonds. The van der Waals surface area contributed by atoms with Crippen molar-refractivity contribution in [2.24, 2.45) is 0 Å². The molecule has 168 valence electrons. The molecule has 0 spiro atoms. The van der Waals surface area contributed by atoms with Crippen molar-refractivity contribution >= 4 is 48.3 Å². The lowest BCUT2D eigenvalue weighted by Crippen LogP contribution is -2.29. The number of nitrogens with one attached hydrogen (secondary N) is 1. The molecule has 0 radical (unpaired) electrons. The number of aryl methyl sites for hydroxylation is 1. The van der Waals surface area contributed by atoms with Crippen molar-refractivity contribution in [1.82, 2.24) is 4.98 Å². The summed E-state index contributed by atoms with van der Waals surface area (Å²) in [5.74, 6) is -0.201. The van der Waals surface area contributed by atoms with Crippen molar-refractivity contribution in [3.63, 3.8) is 0 Å². The first kappa shape index (κ1) is 21.4. The van der Waals surface area contributed by atoms with Crippen LogP contribution in [0.4, 0.5) is 10.8 Å². The molecule has 1 aliphatic rings. The van der Waals surface area contributed by atoms with E-state index in [2.05, 4.69) is 10.3 Å². The van der Waals surface area contributed by atoms with Gasteiger partial charge in [0.05, 0.1) is 33.5 Å². The molecule has 5 rings (SSSR count). The molecule has 9 heteroatoms. The zero-order chi connectivity index (χ0) is 23.2. The number of amides is 1. The third-order valence-electron chi connectivity index (χ3n) is 5.69. The lowest BCUT2D eigenvalue weighted by Gasteiger charge is -2.20. The Balaban J connectivity index is 1.49. The first-order chi connectivity index (χ1) is 15.9. The summed E-state index contributed by atoms with van der Waals surface area (Å²) in [6, 6.07) is 17.6. The second kappa shape index (κ2) is 8.17. The molecular weight excluding hydrogens is 458 g/mol. The number of rotatable bonds is 5. The number of carbonyl (C=O) groups excluding carboxylic acids is 1. The summed E-state index contributed by atoms with van der Waals surface area (Å²) in [7, 11) is -2.40. The van der Waals surface area contributed by atoms with Gasteiger partial charge < -0.3 is 4.74 Å². The van der Waals surface area contributed by atoms with E-state index in [1.165, 1.54) is 41.0 Å². The lowest BCUT2D eigenvalue weighted by atomic mass is 10.2. The van der Waals surface area contributed by atoms with E-state index in [0.29, 0.717) is 23.8 Å². The molecule has 0 saturated carbocycles. The van der Waals surface area contributed by atoms with Crippen LogP contribution in [0.5, 0.6) is 5.75 Å². The van der Waals surface area contributed by atoms with Gasteiger partial charge in [0, 0.05) is 6.54 Å². The van der Waals surface area contributed by atoms with Crippen molar-refractivity contribution in [2.75, 3.05) is 23.3 Å². The minimum Gasteiger partial charge on any atom is -0.496 e. The highest BCUT2D eigenvalue weighted by Gasteiger charge is 2.31. The molecule has 4 aromatic rings. The number of hydrogen-bond donors (Lipinski definition) is 1. The van der Waals surface area contributed by atoms with Gasteiger partial charge in [0.25, 0.3) is 15.9 Å². The second-order valence-corrected chi connectivity index (χ2v) is 10.6. The number of anilines is 2. The van der Waals surface area contributed by atoms with E-state index in [9.17, 15) is 13.2 Å². The summed E-state index contributed by atoms with van der Waals surface area (Å²) in [5.41, 5.74) is 3.62. The minimum absolute atomic E-state index is 0.0327. The molecule has 1 aromatic heterocycles. The average molecular weight is 480 g/mol. The van der Waals surface area contributed by atoms with Crippen molar-refractivity contribution < 1.29 is 17.9 Å². The Kier molecular flexibility index (Phi) is 5.30. The van der Waals surface area contributed by atoms with Gasteiger partial charge in [-0.25, -0.2) is 13.4 Å². The second-order valence-electron chi connectivity index (χ2n) is 7.71. The largest absolute Gasteiger partial charge is 0.496 e. The van der Waals surface area contributed by atoms with Crippen LogP contribution in [0.2, 0.25) is 0 Å². The van der Waals surface area contributed by atoms with Gasteiger partial charge in [0.1, 0.15) is 5.75 Å². The molecule has 0 fully saturated rings. The summed E-state index contributed by atoms with van der Waals surface area (Å²) in [6.07, 6.45) is 0.649. The zero-order valence-corrected chi connectivity index (χ0v) is 19.7. The van der Waals surface area contributed by atoms with Crippen LogP contribution in [-0.4, -0.2) is 33.0 Å². The summed E-state index contributed by atoms with van der Waals surface area (Å²) in [6.45, 7) is 2.32. The Hall–Kier alpha value is -3.43. The summed E-state index contributed by atoms with van der Waals surface area (Å²) < 4.78 is 34.6. The number of ether oxygens (including phenoxy) is 1. The molecule has 0 atom stereocenters. The highest BCUT2D eigenvalue weighted by molar-refractivity contribution is 7.92. The predicted molar refractivity (Wildman–Crippen MR) is 130 cm³/mol. The van der Waals surface area contributed by atoms with Crippen LogP contribution in [0, 0.1) is 6.92 Å². The number of fused-ring (bicyclic) bond motifs is 2. The molecule has 0 unspecified atom stereocenters. The number of carbonyl (C=O) groups is 1. The third kappa shape index (κ3) is 3.73. The van der Waals surface area contributed by atoms with Crippen LogP contribution in [0.15, 0.2) is 65.6 Å². The molecule has 33 heavy (non-hydrogen) atoms. The van der Waals surface area contributed by atoms with Crippen molar-refractivity contribution in [2.45, 2.75) is 18.2 Å². The standard InChI is InChI=1S/C24H21N3O4S2/c1-15-6-5-9-21-22(15)25-24(32-21)26-23(28)18-14-17(10-11-20(18)31-2)33(29,30)27-13-12-16-7-3-4-8-19(16)27/h3-11,14H,12-13H2,1-2H3,(H,25,26,28). The molecule has 7 nitrogen and oxygen atoms in total. The molecule has 0 aliphatic carbocycles. The van der Waals surface area contributed by atoms with Gasteiger partial charge in [-0.15, -0.1) is 0 Å². The van der Waals surface area contributed by atoms with Gasteiger partial charge >= 0.3 is 0 Å². The minimum atomic E-state index is -3.85. The number of benzene rings is 3. The first-order valence-corrected chi connectivity index (χ1v) is 12.6. The quantitative estimate of drug-likeness (QED) is 0.451. The third-order valence-corrected chi connectivity index (χ3v) is 8.43. The van der Waals surface area contributed by atoms with E-state index >= 15 is 0 Å². The highest BCUT2D eigenvalue weighted by atomic mass is 32.2. The highest BCUT2D eigenvalue weighted by Crippen LogP contribution is 2.34. The van der Waals surface area contributed by atoms with Crippen LogP contribution < -0.4 is 14.4 Å². The van der Waals surface area contributed by atoms with Crippen LogP contribution in [0.1, 0.15) is 21.5 Å². The van der Waals surface area contributed by atoms with Gasteiger partial charge in [-0.3, -0.25) is 14.4 Å². The van der Waals surface area contributed by atoms with E-state index < -0.39 is 15.9 Å². The van der Waals surface area contributed by atoms with Crippen LogP contribution in [-0.2, 0) is 16.4 Å². The van der Waals surface area contributed by atoms with E-state index in [4.69, 9.17) is 4.74 Å². The number of para-hydroxylation sites is 2. The van der Waals surface area contributed by atoms with Crippen molar-refractivity contribution in [3.8, 4) is 5.75 Å². The van der Waals surface area contributed by atoms with Crippen molar-refractivity contribution in [3.05, 3.63) is 77.4 Å². The van der Waals surface area contributed by atoms with E-state index in [0.717, 1.165) is 21.3 Å². The number of aromatic nitrogens is 1. The molecule has 0 saturated heterocycles. The topological polar surface area (TPSA) is 88.6 Å². The maximum atomic E-state index is 13.4. The van der Waals surface area contributed by atoms with E-state index in [1.54, 1.807) is 6.07 Å². The Morgan fingerprint density at radius 1 is 1.12 bits per heavy atom. The van der Waals surface area contributed by atoms with Gasteiger partial charge in [0.2, 0.25) is 0 Å². The summed E-state index contributed by atoms with van der Waals surface area (Å²) in [4.78, 5) is 17.7. The average Bonchev–Trinajstić information content (AvgIpc) is 3.43. The number of nitrogens with zero attached hydrogens (tertiary/aromatic N) is 2. The normalized spacial score (nSPS) is 13.2. The SMILES string of the molecule is COc1ccc(S(=O)(=O)N2CCc3ccccc32)cc1C(=O)Nc1nc2c(C)cccc2s1. The number of hydrogen-bond acceptors (Lipinski definition) is 6. The fourth-order valence-electron chi connectivity index (χ4n) is 4.01. The molecule has 0 bridgehead atoms. The van der Waals surface area contributed by atoms with E-state index in [1.807, 2.05) is 43.3 Å². The zero-order valence-electron chi connectivity index (χ0n) is 18.0. The summed E-state index contributed by atoms with van der Waals surface area (Å²) >= 11 is 1.36. The molecule has 1 N–H and O–H groups in total. The fraction of sp³-hybridized carbons (Fsp3) is 0.167. The predicted octanol–water partition coefficient (Wildman–Crippen LogP) is 4.62. The van der Waals surface area contributed by atoms with Gasteiger partial charge in [-0.1, -0.05) is 41.7 Å². The van der Waals surface area contributed by atoms with Gasteiger partial charge in [0.15, 0.2) is 5.13 Å². The maximum absolute atomic E-state index is 13.4. The summed E-state index contributed by atoms with van der Waals surface area (Å²) in [5, 5.41) is 3.23. The number of sulfonamides is 1. The van der Waals surface area contributed by atoms with Gasteiger partial charge in [-0.05, 0) is 54.8 Å². The Morgan fingerprint density at radius 2 is 1.94 bits per heavy atom. The Morgan fingerprint density at radius 3 is 2.73 bits per heavy atom. The fourth-order valence-corrected chi connectivity index (χ4v) is 6.48. The van der Waals surface area contributed by atoms with Crippen LogP contribution >= 0.6 is 11.3 Å². The molecule has 1 aliphatic heterocycles. The van der Waals surface area contributed by atoms with E-state index in [-0.39, 0.29) is 16.2 Å². The van der Waals surface area contributed by atoms with Crippen molar-refractivity contribution in [1.29, 1.82) is 0 Å².